The van der Waals surface area contributed by atoms with Crippen molar-refractivity contribution >= 4 is 0 Å². The third-order valence-corrected chi connectivity index (χ3v) is 1.96. The average Bonchev–Trinajstić information content (AvgIpc) is 2.28. The monoisotopic (exact) mass is 208 g/mol. The summed E-state index contributed by atoms with van der Waals surface area (Å²) in [5, 5.41) is 3.81. The summed E-state index contributed by atoms with van der Waals surface area (Å²) < 4.78 is 41.5. The molecule has 1 heterocycles. The maximum atomic E-state index is 11.8. The van der Waals surface area contributed by atoms with E-state index in [-0.39, 0.29) is 5.88 Å². The van der Waals surface area contributed by atoms with Gasteiger partial charge in [0.25, 0.3) is 0 Å². The van der Waals surface area contributed by atoms with E-state index in [4.69, 9.17) is 0 Å². The van der Waals surface area contributed by atoms with E-state index in [0.717, 1.165) is 5.69 Å². The number of alkyl halides is 3. The van der Waals surface area contributed by atoms with Gasteiger partial charge < -0.3 is 4.74 Å². The van der Waals surface area contributed by atoms with E-state index in [0.29, 0.717) is 5.56 Å². The van der Waals surface area contributed by atoms with Crippen molar-refractivity contribution in [1.82, 2.24) is 9.78 Å². The van der Waals surface area contributed by atoms with Crippen LogP contribution in [0.2, 0.25) is 0 Å². The van der Waals surface area contributed by atoms with Crippen LogP contribution in [0.1, 0.15) is 11.3 Å². The van der Waals surface area contributed by atoms with Gasteiger partial charge in [0.1, 0.15) is 0 Å². The predicted molar refractivity (Wildman–Crippen MR) is 44.2 cm³/mol. The van der Waals surface area contributed by atoms with Crippen molar-refractivity contribution in [3.05, 3.63) is 11.3 Å². The first-order valence-electron chi connectivity index (χ1n) is 4.01. The van der Waals surface area contributed by atoms with E-state index in [1.54, 1.807) is 20.9 Å². The van der Waals surface area contributed by atoms with Gasteiger partial charge in [-0.2, -0.15) is 13.2 Å². The minimum atomic E-state index is -4.32. The molecule has 0 aliphatic rings. The number of aryl methyl sites for hydroxylation is 1. The highest BCUT2D eigenvalue weighted by Crippen LogP contribution is 2.22. The van der Waals surface area contributed by atoms with E-state index >= 15 is 0 Å². The Balaban J connectivity index is 2.73. The van der Waals surface area contributed by atoms with Gasteiger partial charge >= 0.3 is 6.18 Å². The summed E-state index contributed by atoms with van der Waals surface area (Å²) in [4.78, 5) is 0. The fraction of sp³-hybridized carbons (Fsp3) is 0.625. The van der Waals surface area contributed by atoms with Crippen molar-refractivity contribution in [2.45, 2.75) is 20.0 Å². The highest BCUT2D eigenvalue weighted by molar-refractivity contribution is 5.28. The lowest BCUT2D eigenvalue weighted by atomic mass is 10.3. The fourth-order valence-electron chi connectivity index (χ4n) is 0.971. The van der Waals surface area contributed by atoms with Gasteiger partial charge in [-0.15, -0.1) is 5.10 Å². The molecule has 80 valence electrons. The molecule has 14 heavy (non-hydrogen) atoms. The zero-order valence-electron chi connectivity index (χ0n) is 8.14. The lowest BCUT2D eigenvalue weighted by molar-refractivity contribution is -0.154. The van der Waals surface area contributed by atoms with Crippen LogP contribution >= 0.6 is 0 Å². The molecular weight excluding hydrogens is 197 g/mol. The van der Waals surface area contributed by atoms with Crippen LogP contribution in [0.25, 0.3) is 0 Å². The molecule has 0 aliphatic heterocycles. The molecule has 0 unspecified atom stereocenters. The molecule has 0 amide bonds. The Morgan fingerprint density at radius 1 is 1.36 bits per heavy atom. The van der Waals surface area contributed by atoms with Crippen molar-refractivity contribution in [2.24, 2.45) is 7.05 Å². The predicted octanol–water partition coefficient (Wildman–Crippen LogP) is 1.98. The molecule has 0 radical (unpaired) electrons. The van der Waals surface area contributed by atoms with Crippen LogP contribution < -0.4 is 4.74 Å². The molecule has 1 rings (SSSR count). The summed E-state index contributed by atoms with van der Waals surface area (Å²) in [5.41, 5.74) is 1.43. The van der Waals surface area contributed by atoms with Gasteiger partial charge in [0.15, 0.2) is 6.61 Å². The molecule has 1 aromatic heterocycles. The number of aromatic nitrogens is 2. The van der Waals surface area contributed by atoms with Gasteiger partial charge in [-0.3, -0.25) is 4.68 Å². The van der Waals surface area contributed by atoms with Gasteiger partial charge in [-0.05, 0) is 13.8 Å². The number of rotatable bonds is 2. The van der Waals surface area contributed by atoms with Crippen molar-refractivity contribution < 1.29 is 17.9 Å². The summed E-state index contributed by atoms with van der Waals surface area (Å²) >= 11 is 0. The molecule has 6 heteroatoms. The van der Waals surface area contributed by atoms with Crippen LogP contribution in [0.3, 0.4) is 0 Å². The van der Waals surface area contributed by atoms with Crippen LogP contribution in [0.4, 0.5) is 13.2 Å². The second-order valence-electron chi connectivity index (χ2n) is 3.04. The average molecular weight is 208 g/mol. The number of halogens is 3. The topological polar surface area (TPSA) is 27.1 Å². The normalized spacial score (nSPS) is 11.9. The zero-order chi connectivity index (χ0) is 10.9. The van der Waals surface area contributed by atoms with Gasteiger partial charge in [0.2, 0.25) is 5.88 Å². The largest absolute Gasteiger partial charge is 0.467 e. The molecule has 0 N–H and O–H groups in total. The van der Waals surface area contributed by atoms with E-state index in [1.165, 1.54) is 4.68 Å². The van der Waals surface area contributed by atoms with E-state index in [9.17, 15) is 13.2 Å². The highest BCUT2D eigenvalue weighted by atomic mass is 19.4. The summed E-state index contributed by atoms with van der Waals surface area (Å²) in [5.74, 6) is 0.0438. The quantitative estimate of drug-likeness (QED) is 0.743. The molecule has 0 saturated heterocycles. The number of hydrogen-bond acceptors (Lipinski definition) is 2. The Kier molecular flexibility index (Phi) is 2.73. The Bertz CT molecular complexity index is 330. The van der Waals surface area contributed by atoms with Crippen LogP contribution in [0.15, 0.2) is 0 Å². The minimum absolute atomic E-state index is 0.0438. The lowest BCUT2D eigenvalue weighted by Crippen LogP contribution is -2.19. The second kappa shape index (κ2) is 3.51. The van der Waals surface area contributed by atoms with Gasteiger partial charge in [-0.1, -0.05) is 0 Å². The third-order valence-electron chi connectivity index (χ3n) is 1.96. The first kappa shape index (κ1) is 10.9. The lowest BCUT2D eigenvalue weighted by Gasteiger charge is -2.06. The van der Waals surface area contributed by atoms with Gasteiger partial charge in [0.05, 0.1) is 0 Å². The van der Waals surface area contributed by atoms with Gasteiger partial charge in [-0.25, -0.2) is 0 Å². The van der Waals surface area contributed by atoms with Crippen LogP contribution in [-0.2, 0) is 7.05 Å². The molecule has 3 nitrogen and oxygen atoms in total. The standard InChI is InChI=1S/C8H11F3N2O/c1-5-6(2)13(3)12-7(5)14-4-8(9,10)11/h4H2,1-3H3. The Labute approximate surface area is 79.5 Å². The molecule has 0 atom stereocenters. The molecule has 0 fully saturated rings. The SMILES string of the molecule is Cc1c(OCC(F)(F)F)nn(C)c1C. The minimum Gasteiger partial charge on any atom is -0.467 e. The highest BCUT2D eigenvalue weighted by Gasteiger charge is 2.29. The zero-order valence-corrected chi connectivity index (χ0v) is 8.14. The van der Waals surface area contributed by atoms with Crippen molar-refractivity contribution in [3.63, 3.8) is 0 Å². The van der Waals surface area contributed by atoms with Gasteiger partial charge in [0, 0.05) is 18.3 Å². The van der Waals surface area contributed by atoms with Crippen LogP contribution in [-0.4, -0.2) is 22.6 Å². The third kappa shape index (κ3) is 2.40. The second-order valence-corrected chi connectivity index (χ2v) is 3.04. The van der Waals surface area contributed by atoms with Crippen molar-refractivity contribution in [1.29, 1.82) is 0 Å². The van der Waals surface area contributed by atoms with Crippen LogP contribution in [0, 0.1) is 13.8 Å². The fourth-order valence-corrected chi connectivity index (χ4v) is 0.971. The first-order valence-corrected chi connectivity index (χ1v) is 4.01. The number of nitrogens with zero attached hydrogens (tertiary/aromatic N) is 2. The first-order chi connectivity index (χ1) is 6.31. The molecular formula is C8H11F3N2O. The summed E-state index contributed by atoms with van der Waals surface area (Å²) in [6.45, 7) is 2.14. The molecule has 1 aromatic rings. The number of hydrogen-bond donors (Lipinski definition) is 0. The van der Waals surface area contributed by atoms with E-state index in [2.05, 4.69) is 9.84 Å². The van der Waals surface area contributed by atoms with Crippen molar-refractivity contribution in [3.8, 4) is 5.88 Å². The molecule has 0 aromatic carbocycles. The smallest absolute Gasteiger partial charge is 0.422 e. The van der Waals surface area contributed by atoms with Crippen molar-refractivity contribution in [2.75, 3.05) is 6.61 Å². The molecule has 0 bridgehead atoms. The molecule has 0 spiro atoms. The number of ether oxygens (including phenoxy) is 1. The van der Waals surface area contributed by atoms with E-state index < -0.39 is 12.8 Å². The van der Waals surface area contributed by atoms with E-state index in [1.807, 2.05) is 0 Å². The van der Waals surface area contributed by atoms with Crippen LogP contribution in [0.5, 0.6) is 5.88 Å². The summed E-state index contributed by atoms with van der Waals surface area (Å²) in [6, 6.07) is 0. The Morgan fingerprint density at radius 2 is 1.93 bits per heavy atom. The maximum absolute atomic E-state index is 11.8. The Hall–Kier alpha value is -1.20. The summed E-state index contributed by atoms with van der Waals surface area (Å²) in [6.07, 6.45) is -4.32. The molecule has 0 saturated carbocycles. The molecule has 0 aliphatic carbocycles. The maximum Gasteiger partial charge on any atom is 0.422 e. The summed E-state index contributed by atoms with van der Waals surface area (Å²) in [7, 11) is 1.66. The Morgan fingerprint density at radius 3 is 2.29 bits per heavy atom.